The minimum absolute atomic E-state index is 0.119. The van der Waals surface area contributed by atoms with Gasteiger partial charge in [0.05, 0.1) is 7.11 Å². The van der Waals surface area contributed by atoms with Gasteiger partial charge in [-0.25, -0.2) is 0 Å². The highest BCUT2D eigenvalue weighted by molar-refractivity contribution is 7.12. The van der Waals surface area contributed by atoms with Crippen LogP contribution in [0.2, 0.25) is 0 Å². The lowest BCUT2D eigenvalue weighted by molar-refractivity contribution is 0.153. The predicted octanol–water partition coefficient (Wildman–Crippen LogP) is 4.16. The number of hydrogen-bond acceptors (Lipinski definition) is 4. The second-order valence-corrected chi connectivity index (χ2v) is 6.92. The van der Waals surface area contributed by atoms with Crippen molar-refractivity contribution in [2.45, 2.75) is 32.4 Å². The molecule has 2 atom stereocenters. The van der Waals surface area contributed by atoms with Gasteiger partial charge in [-0.2, -0.15) is 0 Å². The van der Waals surface area contributed by atoms with Crippen molar-refractivity contribution in [3.63, 3.8) is 0 Å². The minimum atomic E-state index is 0.119. The summed E-state index contributed by atoms with van der Waals surface area (Å²) in [7, 11) is 3.70. The summed E-state index contributed by atoms with van der Waals surface area (Å²) >= 11 is 1.84. The maximum Gasteiger partial charge on any atom is 0.127 e. The molecule has 1 aromatic heterocycles. The van der Waals surface area contributed by atoms with Crippen LogP contribution in [-0.4, -0.2) is 14.2 Å². The number of benzene rings is 1. The van der Waals surface area contributed by atoms with Gasteiger partial charge in [0.1, 0.15) is 17.6 Å². The second-order valence-electron chi connectivity index (χ2n) is 5.46. The van der Waals surface area contributed by atoms with Crippen LogP contribution in [0.4, 0.5) is 0 Å². The van der Waals surface area contributed by atoms with Crippen LogP contribution in [0.15, 0.2) is 24.3 Å². The molecule has 0 aliphatic carbocycles. The zero-order valence-electron chi connectivity index (χ0n) is 12.9. The van der Waals surface area contributed by atoms with E-state index in [1.54, 1.807) is 7.11 Å². The van der Waals surface area contributed by atoms with Crippen LogP contribution < -0.4 is 14.8 Å². The van der Waals surface area contributed by atoms with E-state index in [2.05, 4.69) is 31.3 Å². The van der Waals surface area contributed by atoms with Crippen LogP contribution in [0.1, 0.15) is 39.4 Å². The molecule has 2 unspecified atom stereocenters. The van der Waals surface area contributed by atoms with Gasteiger partial charge in [0.2, 0.25) is 0 Å². The molecule has 21 heavy (non-hydrogen) atoms. The van der Waals surface area contributed by atoms with Crippen molar-refractivity contribution in [1.29, 1.82) is 0 Å². The van der Waals surface area contributed by atoms with Crippen molar-refractivity contribution < 1.29 is 9.47 Å². The molecule has 1 aliphatic heterocycles. The maximum absolute atomic E-state index is 6.25. The molecule has 0 radical (unpaired) electrons. The smallest absolute Gasteiger partial charge is 0.127 e. The van der Waals surface area contributed by atoms with Gasteiger partial charge in [-0.1, -0.05) is 0 Å². The van der Waals surface area contributed by atoms with E-state index in [0.29, 0.717) is 0 Å². The quantitative estimate of drug-likeness (QED) is 0.923. The fourth-order valence-electron chi connectivity index (χ4n) is 3.01. The number of nitrogens with one attached hydrogen (secondary N) is 1. The third-order valence-corrected chi connectivity index (χ3v) is 5.07. The molecule has 0 amide bonds. The highest BCUT2D eigenvalue weighted by atomic mass is 32.1. The summed E-state index contributed by atoms with van der Waals surface area (Å²) in [6.07, 6.45) is 1.06. The topological polar surface area (TPSA) is 30.5 Å². The van der Waals surface area contributed by atoms with E-state index in [1.165, 1.54) is 20.9 Å². The van der Waals surface area contributed by atoms with Crippen molar-refractivity contribution in [3.8, 4) is 11.5 Å². The zero-order valence-corrected chi connectivity index (χ0v) is 13.7. The molecule has 0 saturated carbocycles. The molecule has 0 bridgehead atoms. The summed E-state index contributed by atoms with van der Waals surface area (Å²) < 4.78 is 11.6. The van der Waals surface area contributed by atoms with Crippen molar-refractivity contribution in [1.82, 2.24) is 5.32 Å². The van der Waals surface area contributed by atoms with Crippen molar-refractivity contribution >= 4 is 11.3 Å². The molecule has 0 fully saturated rings. The number of aryl methyl sites for hydroxylation is 2. The number of hydrogen-bond donors (Lipinski definition) is 1. The first-order valence-electron chi connectivity index (χ1n) is 7.21. The van der Waals surface area contributed by atoms with Crippen molar-refractivity contribution in [3.05, 3.63) is 45.1 Å². The SMILES string of the molecule is CNC1CC(c2cc(C)sc2C)Oc2ccc(OC)cc21. The van der Waals surface area contributed by atoms with Crippen LogP contribution in [0, 0.1) is 13.8 Å². The van der Waals surface area contributed by atoms with E-state index < -0.39 is 0 Å². The fourth-order valence-corrected chi connectivity index (χ4v) is 3.99. The Balaban J connectivity index is 1.97. The average Bonchev–Trinajstić information content (AvgIpc) is 2.84. The van der Waals surface area contributed by atoms with Crippen LogP contribution in [0.5, 0.6) is 11.5 Å². The number of ether oxygens (including phenoxy) is 2. The van der Waals surface area contributed by atoms with Crippen molar-refractivity contribution in [2.24, 2.45) is 0 Å². The van der Waals surface area contributed by atoms with Gasteiger partial charge in [0, 0.05) is 33.3 Å². The van der Waals surface area contributed by atoms with Gasteiger partial charge in [0.25, 0.3) is 0 Å². The molecular formula is C17H21NO2S. The number of methoxy groups -OCH3 is 1. The number of fused-ring (bicyclic) bond motifs is 1. The third-order valence-electron chi connectivity index (χ3n) is 4.09. The highest BCUT2D eigenvalue weighted by Crippen LogP contribution is 2.43. The van der Waals surface area contributed by atoms with E-state index in [0.717, 1.165) is 17.9 Å². The first-order chi connectivity index (χ1) is 10.1. The number of thiophene rings is 1. The lowest BCUT2D eigenvalue weighted by Gasteiger charge is -2.32. The normalized spacial score (nSPS) is 20.8. The van der Waals surface area contributed by atoms with Crippen LogP contribution >= 0.6 is 11.3 Å². The summed E-state index contributed by atoms with van der Waals surface area (Å²) in [6, 6.07) is 8.58. The molecule has 0 saturated heterocycles. The standard InChI is InChI=1S/C17H21NO2S/c1-10-7-13(11(2)21-10)17-9-15(18-3)14-8-12(19-4)5-6-16(14)20-17/h5-8,15,17-18H,9H2,1-4H3. The first-order valence-corrected chi connectivity index (χ1v) is 8.02. The molecule has 112 valence electrons. The molecule has 2 aromatic rings. The Hall–Kier alpha value is -1.52. The summed E-state index contributed by atoms with van der Waals surface area (Å²) in [5.74, 6) is 1.83. The molecule has 1 aliphatic rings. The first kappa shape index (κ1) is 14.4. The molecule has 2 heterocycles. The zero-order chi connectivity index (χ0) is 15.0. The third kappa shape index (κ3) is 2.65. The summed E-state index contributed by atoms with van der Waals surface area (Å²) in [5, 5.41) is 3.41. The van der Waals surface area contributed by atoms with Gasteiger partial charge >= 0.3 is 0 Å². The van der Waals surface area contributed by atoms with E-state index in [4.69, 9.17) is 9.47 Å². The second kappa shape index (κ2) is 5.70. The fraction of sp³-hybridized carbons (Fsp3) is 0.412. The van der Waals surface area contributed by atoms with Gasteiger partial charge in [-0.05, 0) is 45.2 Å². The summed E-state index contributed by atoms with van der Waals surface area (Å²) in [4.78, 5) is 2.69. The maximum atomic E-state index is 6.25. The molecule has 0 spiro atoms. The van der Waals surface area contributed by atoms with E-state index in [1.807, 2.05) is 30.5 Å². The van der Waals surface area contributed by atoms with E-state index >= 15 is 0 Å². The largest absolute Gasteiger partial charge is 0.497 e. The molecular weight excluding hydrogens is 282 g/mol. The Morgan fingerprint density at radius 1 is 1.24 bits per heavy atom. The van der Waals surface area contributed by atoms with Gasteiger partial charge < -0.3 is 14.8 Å². The van der Waals surface area contributed by atoms with Crippen LogP contribution in [-0.2, 0) is 0 Å². The average molecular weight is 303 g/mol. The van der Waals surface area contributed by atoms with Gasteiger partial charge in [0.15, 0.2) is 0 Å². The molecule has 1 N–H and O–H groups in total. The van der Waals surface area contributed by atoms with Gasteiger partial charge in [-0.3, -0.25) is 0 Å². The highest BCUT2D eigenvalue weighted by Gasteiger charge is 2.30. The monoisotopic (exact) mass is 303 g/mol. The Morgan fingerprint density at radius 3 is 2.67 bits per heavy atom. The Bertz CT molecular complexity index is 650. The van der Waals surface area contributed by atoms with Gasteiger partial charge in [-0.15, -0.1) is 11.3 Å². The Kier molecular flexibility index (Phi) is 3.91. The van der Waals surface area contributed by atoms with E-state index in [-0.39, 0.29) is 12.1 Å². The van der Waals surface area contributed by atoms with E-state index in [9.17, 15) is 0 Å². The lowest BCUT2D eigenvalue weighted by atomic mass is 9.93. The molecule has 4 heteroatoms. The molecule has 1 aromatic carbocycles. The Morgan fingerprint density at radius 2 is 2.05 bits per heavy atom. The number of rotatable bonds is 3. The predicted molar refractivity (Wildman–Crippen MR) is 86.6 cm³/mol. The summed E-state index contributed by atoms with van der Waals surface area (Å²) in [5.41, 5.74) is 2.50. The minimum Gasteiger partial charge on any atom is -0.497 e. The lowest BCUT2D eigenvalue weighted by Crippen LogP contribution is -2.26. The van der Waals surface area contributed by atoms with Crippen molar-refractivity contribution in [2.75, 3.05) is 14.2 Å². The van der Waals surface area contributed by atoms with Crippen LogP contribution in [0.25, 0.3) is 0 Å². The Labute approximate surface area is 129 Å². The molecule has 3 rings (SSSR count). The molecule has 3 nitrogen and oxygen atoms in total. The summed E-state index contributed by atoms with van der Waals surface area (Å²) in [6.45, 7) is 4.33. The van der Waals surface area contributed by atoms with Crippen LogP contribution in [0.3, 0.4) is 0 Å².